The number of hydrogen-bond acceptors (Lipinski definition) is 4. The average Bonchev–Trinajstić information content (AvgIpc) is 2.31. The number of hydrogen-bond donors (Lipinski definition) is 0. The van der Waals surface area contributed by atoms with Crippen LogP contribution in [0.25, 0.3) is 0 Å². The van der Waals surface area contributed by atoms with Crippen LogP contribution in [0.3, 0.4) is 0 Å². The summed E-state index contributed by atoms with van der Waals surface area (Å²) in [4.78, 5) is 15.2. The third-order valence-corrected chi connectivity index (χ3v) is 3.60. The van der Waals surface area contributed by atoms with Gasteiger partial charge >= 0.3 is 12.3 Å². The molecule has 0 aromatic carbocycles. The molecule has 0 spiro atoms. The van der Waals surface area contributed by atoms with Crippen LogP contribution >= 0.6 is 38.5 Å². The normalized spacial score (nSPS) is 11.3. The molecule has 0 atom stereocenters. The molecule has 4 nitrogen and oxygen atoms in total. The molecule has 1 aromatic rings. The second kappa shape index (κ2) is 7.43. The first-order valence-electron chi connectivity index (χ1n) is 5.42. The van der Waals surface area contributed by atoms with Crippen LogP contribution in [0.5, 0.6) is 5.88 Å². The fraction of sp³-hybridized carbons (Fsp3) is 0.455. The first-order valence-corrected chi connectivity index (χ1v) is 7.62. The molecule has 0 aliphatic carbocycles. The molecule has 0 saturated carbocycles. The fourth-order valence-electron chi connectivity index (χ4n) is 1.34. The Labute approximate surface area is 135 Å². The molecule has 20 heavy (non-hydrogen) atoms. The van der Waals surface area contributed by atoms with Gasteiger partial charge in [-0.3, -0.25) is 4.79 Å². The molecule has 0 fully saturated rings. The molecule has 9 heteroatoms. The van der Waals surface area contributed by atoms with E-state index in [0.29, 0.717) is 9.26 Å². The Hall–Kier alpha value is -0.580. The molecule has 1 rings (SSSR count). The summed E-state index contributed by atoms with van der Waals surface area (Å²) >= 11 is 4.94. The smallest absolute Gasteiger partial charge is 0.466 e. The Morgan fingerprint density at radius 2 is 2.15 bits per heavy atom. The van der Waals surface area contributed by atoms with E-state index < -0.39 is 18.2 Å². The number of rotatable bonds is 5. The van der Waals surface area contributed by atoms with Crippen molar-refractivity contribution in [3.05, 3.63) is 20.9 Å². The van der Waals surface area contributed by atoms with E-state index in [2.05, 4.69) is 25.7 Å². The van der Waals surface area contributed by atoms with E-state index in [1.165, 1.54) is 0 Å². The van der Waals surface area contributed by atoms with Crippen molar-refractivity contribution < 1.29 is 27.4 Å². The van der Waals surface area contributed by atoms with E-state index in [1.54, 1.807) is 13.0 Å². The van der Waals surface area contributed by atoms with Gasteiger partial charge in [-0.05, 0) is 35.6 Å². The van der Waals surface area contributed by atoms with Gasteiger partial charge in [0.1, 0.15) is 0 Å². The highest BCUT2D eigenvalue weighted by molar-refractivity contribution is 14.1. The van der Waals surface area contributed by atoms with Crippen molar-refractivity contribution in [2.24, 2.45) is 0 Å². The largest absolute Gasteiger partial charge is 0.574 e. The molecule has 0 N–H and O–H groups in total. The van der Waals surface area contributed by atoms with Gasteiger partial charge in [-0.2, -0.15) is 0 Å². The van der Waals surface area contributed by atoms with Gasteiger partial charge in [0, 0.05) is 14.5 Å². The number of carbonyl (C=O) groups is 1. The number of alkyl halides is 4. The minimum atomic E-state index is -4.87. The van der Waals surface area contributed by atoms with Crippen LogP contribution in [0, 0.1) is 3.57 Å². The SMILES string of the molecule is CCOC(=O)Cc1c(I)cc(CBr)nc1OC(F)(F)F. The molecule has 0 saturated heterocycles. The summed E-state index contributed by atoms with van der Waals surface area (Å²) in [6.45, 7) is 1.76. The Kier molecular flexibility index (Phi) is 6.49. The Morgan fingerprint density at radius 3 is 2.65 bits per heavy atom. The van der Waals surface area contributed by atoms with Gasteiger partial charge in [0.2, 0.25) is 5.88 Å². The summed E-state index contributed by atoms with van der Waals surface area (Å²) in [5.41, 5.74) is 0.437. The van der Waals surface area contributed by atoms with Crippen LogP contribution in [-0.4, -0.2) is 23.9 Å². The van der Waals surface area contributed by atoms with Crippen molar-refractivity contribution in [1.82, 2.24) is 4.98 Å². The minimum absolute atomic E-state index is 0.0612. The van der Waals surface area contributed by atoms with Crippen LogP contribution in [0.2, 0.25) is 0 Å². The maximum absolute atomic E-state index is 12.4. The monoisotopic (exact) mass is 467 g/mol. The van der Waals surface area contributed by atoms with Gasteiger partial charge in [-0.15, -0.1) is 13.2 Å². The molecule has 1 heterocycles. The van der Waals surface area contributed by atoms with E-state index in [-0.39, 0.29) is 23.9 Å². The number of halogens is 5. The molecule has 1 aromatic heterocycles. The first kappa shape index (κ1) is 17.5. The molecule has 0 unspecified atom stereocenters. The van der Waals surface area contributed by atoms with Crippen molar-refractivity contribution in [3.8, 4) is 5.88 Å². The predicted molar refractivity (Wildman–Crippen MR) is 76.6 cm³/mol. The number of aromatic nitrogens is 1. The van der Waals surface area contributed by atoms with Crippen molar-refractivity contribution in [2.75, 3.05) is 6.61 Å². The second-order valence-electron chi connectivity index (χ2n) is 3.54. The highest BCUT2D eigenvalue weighted by Gasteiger charge is 2.34. The third kappa shape index (κ3) is 5.43. The third-order valence-electron chi connectivity index (χ3n) is 2.06. The zero-order valence-corrected chi connectivity index (χ0v) is 14.0. The number of carbonyl (C=O) groups excluding carboxylic acids is 1. The molecule has 112 valence electrons. The molecule has 0 amide bonds. The summed E-state index contributed by atoms with van der Waals surface area (Å²) in [5.74, 6) is -1.25. The van der Waals surface area contributed by atoms with Crippen molar-refractivity contribution in [3.63, 3.8) is 0 Å². The van der Waals surface area contributed by atoms with E-state index in [0.717, 1.165) is 0 Å². The second-order valence-corrected chi connectivity index (χ2v) is 5.27. The summed E-state index contributed by atoms with van der Waals surface area (Å²) in [6.07, 6.45) is -5.20. The first-order chi connectivity index (χ1) is 9.26. The highest BCUT2D eigenvalue weighted by Crippen LogP contribution is 2.29. The molecular formula is C11H10BrF3INO3. The molecule has 0 aliphatic heterocycles. The van der Waals surface area contributed by atoms with Gasteiger partial charge < -0.3 is 9.47 Å². The molecule has 0 radical (unpaired) electrons. The van der Waals surface area contributed by atoms with Gasteiger partial charge in [0.15, 0.2) is 0 Å². The minimum Gasteiger partial charge on any atom is -0.466 e. The zero-order valence-electron chi connectivity index (χ0n) is 10.3. The van der Waals surface area contributed by atoms with Crippen LogP contribution in [0.4, 0.5) is 13.2 Å². The van der Waals surface area contributed by atoms with Crippen LogP contribution in [0.15, 0.2) is 6.07 Å². The number of nitrogens with zero attached hydrogens (tertiary/aromatic N) is 1. The maximum Gasteiger partial charge on any atom is 0.574 e. The topological polar surface area (TPSA) is 48.4 Å². The Morgan fingerprint density at radius 1 is 1.50 bits per heavy atom. The van der Waals surface area contributed by atoms with E-state index in [9.17, 15) is 18.0 Å². The van der Waals surface area contributed by atoms with Gasteiger partial charge in [0.25, 0.3) is 0 Å². The lowest BCUT2D eigenvalue weighted by Crippen LogP contribution is -2.21. The van der Waals surface area contributed by atoms with Gasteiger partial charge in [-0.1, -0.05) is 15.9 Å². The maximum atomic E-state index is 12.4. The lowest BCUT2D eigenvalue weighted by atomic mass is 10.2. The van der Waals surface area contributed by atoms with Crippen LogP contribution in [0.1, 0.15) is 18.2 Å². The standard InChI is InChI=1S/C11H10BrF3INO3/c1-2-19-9(18)4-7-8(16)3-6(5-12)17-10(7)20-11(13,14)15/h3H,2,4-5H2,1H3. The lowest BCUT2D eigenvalue weighted by Gasteiger charge is -2.14. The number of esters is 1. The summed E-state index contributed by atoms with van der Waals surface area (Å²) < 4.78 is 46.2. The van der Waals surface area contributed by atoms with Crippen LogP contribution < -0.4 is 4.74 Å². The fourth-order valence-corrected chi connectivity index (χ4v) is 2.41. The zero-order chi connectivity index (χ0) is 15.3. The highest BCUT2D eigenvalue weighted by atomic mass is 127. The molecule has 0 aliphatic rings. The Bertz CT molecular complexity index is 497. The average molecular weight is 468 g/mol. The number of ether oxygens (including phenoxy) is 2. The van der Waals surface area contributed by atoms with E-state index in [1.807, 2.05) is 22.6 Å². The molecular weight excluding hydrogens is 458 g/mol. The number of pyridine rings is 1. The van der Waals surface area contributed by atoms with Crippen LogP contribution in [-0.2, 0) is 21.3 Å². The summed E-state index contributed by atoms with van der Waals surface area (Å²) in [6, 6.07) is 1.58. The molecule has 0 bridgehead atoms. The quantitative estimate of drug-likeness (QED) is 0.377. The predicted octanol–water partition coefficient (Wildman–Crippen LogP) is 3.59. The van der Waals surface area contributed by atoms with Gasteiger partial charge in [-0.25, -0.2) is 4.98 Å². The van der Waals surface area contributed by atoms with E-state index >= 15 is 0 Å². The summed E-state index contributed by atoms with van der Waals surface area (Å²) in [7, 11) is 0. The summed E-state index contributed by atoms with van der Waals surface area (Å²) in [5, 5.41) is 0.275. The van der Waals surface area contributed by atoms with E-state index in [4.69, 9.17) is 4.74 Å². The van der Waals surface area contributed by atoms with Gasteiger partial charge in [0.05, 0.1) is 18.7 Å². The van der Waals surface area contributed by atoms with Crippen molar-refractivity contribution in [2.45, 2.75) is 25.0 Å². The van der Waals surface area contributed by atoms with Crippen molar-refractivity contribution >= 4 is 44.5 Å². The van der Waals surface area contributed by atoms with Crippen molar-refractivity contribution in [1.29, 1.82) is 0 Å². The lowest BCUT2D eigenvalue weighted by molar-refractivity contribution is -0.276. The Balaban J connectivity index is 3.15.